The fraction of sp³-hybridized carbons (Fsp3) is 0.467. The van der Waals surface area contributed by atoms with Crippen LogP contribution in [0.5, 0.6) is 0 Å². The standard InChI is InChI=1S/C15H21N.Na/c1-13-8-10-16(11-9-13)14(2)12-15-6-4-3-5-7-15;/h3-8,14H,9-12H2,1-2H3;. The summed E-state index contributed by atoms with van der Waals surface area (Å²) in [5.41, 5.74) is 2.99. The van der Waals surface area contributed by atoms with Gasteiger partial charge in [0.1, 0.15) is 0 Å². The maximum absolute atomic E-state index is 2.57. The average Bonchev–Trinajstić information content (AvgIpc) is 2.31. The Morgan fingerprint density at radius 3 is 2.53 bits per heavy atom. The largest absolute Gasteiger partial charge is 0.296 e. The third-order valence-corrected chi connectivity index (χ3v) is 3.46. The van der Waals surface area contributed by atoms with Crippen LogP contribution >= 0.6 is 0 Å². The van der Waals surface area contributed by atoms with Crippen LogP contribution in [-0.4, -0.2) is 53.6 Å². The molecule has 0 bridgehead atoms. The molecule has 1 unspecified atom stereocenters. The minimum absolute atomic E-state index is 0. The number of hydrogen-bond donors (Lipinski definition) is 0. The first-order valence-corrected chi connectivity index (χ1v) is 6.19. The van der Waals surface area contributed by atoms with Crippen molar-refractivity contribution in [1.82, 2.24) is 4.90 Å². The van der Waals surface area contributed by atoms with Crippen LogP contribution in [0.1, 0.15) is 25.8 Å². The Bertz CT molecular complexity index is 358. The summed E-state index contributed by atoms with van der Waals surface area (Å²) in [4.78, 5) is 2.57. The molecule has 87 valence electrons. The summed E-state index contributed by atoms with van der Waals surface area (Å²) >= 11 is 0. The van der Waals surface area contributed by atoms with Gasteiger partial charge in [-0.1, -0.05) is 42.0 Å². The zero-order valence-electron chi connectivity index (χ0n) is 11.3. The Balaban J connectivity index is 0.00000144. The number of benzene rings is 1. The number of hydrogen-bond acceptors (Lipinski definition) is 1. The third-order valence-electron chi connectivity index (χ3n) is 3.46. The van der Waals surface area contributed by atoms with E-state index < -0.39 is 0 Å². The molecule has 1 aromatic rings. The molecule has 0 aromatic heterocycles. The van der Waals surface area contributed by atoms with Crippen molar-refractivity contribution in [1.29, 1.82) is 0 Å². The van der Waals surface area contributed by atoms with Gasteiger partial charge in [0.25, 0.3) is 0 Å². The monoisotopic (exact) mass is 238 g/mol. The van der Waals surface area contributed by atoms with Crippen molar-refractivity contribution in [3.63, 3.8) is 0 Å². The molecule has 0 amide bonds. The van der Waals surface area contributed by atoms with Gasteiger partial charge >= 0.3 is 0 Å². The number of nitrogens with zero attached hydrogens (tertiary/aromatic N) is 1. The molecule has 17 heavy (non-hydrogen) atoms. The minimum Gasteiger partial charge on any atom is -0.296 e. The molecule has 1 aromatic carbocycles. The summed E-state index contributed by atoms with van der Waals surface area (Å²) in [7, 11) is 0. The van der Waals surface area contributed by atoms with Crippen molar-refractivity contribution in [2.24, 2.45) is 0 Å². The smallest absolute Gasteiger partial charge is 0.0168 e. The second kappa shape index (κ2) is 7.38. The van der Waals surface area contributed by atoms with Crippen LogP contribution in [0.3, 0.4) is 0 Å². The molecule has 0 aliphatic carbocycles. The topological polar surface area (TPSA) is 3.24 Å². The van der Waals surface area contributed by atoms with E-state index in [2.05, 4.69) is 55.2 Å². The molecule has 0 N–H and O–H groups in total. The van der Waals surface area contributed by atoms with Gasteiger partial charge in [-0.2, -0.15) is 0 Å². The molecule has 1 nitrogen and oxygen atoms in total. The van der Waals surface area contributed by atoms with Crippen LogP contribution in [0.15, 0.2) is 42.0 Å². The van der Waals surface area contributed by atoms with Crippen LogP contribution in [0.2, 0.25) is 0 Å². The van der Waals surface area contributed by atoms with E-state index in [4.69, 9.17) is 0 Å². The van der Waals surface area contributed by atoms with Crippen molar-refractivity contribution in [3.8, 4) is 0 Å². The van der Waals surface area contributed by atoms with E-state index >= 15 is 0 Å². The van der Waals surface area contributed by atoms with Gasteiger partial charge in [-0.25, -0.2) is 0 Å². The Morgan fingerprint density at radius 2 is 1.94 bits per heavy atom. The van der Waals surface area contributed by atoms with E-state index in [9.17, 15) is 0 Å². The van der Waals surface area contributed by atoms with E-state index in [1.807, 2.05) is 0 Å². The van der Waals surface area contributed by atoms with E-state index in [0.717, 1.165) is 13.0 Å². The van der Waals surface area contributed by atoms with Crippen molar-refractivity contribution in [2.75, 3.05) is 13.1 Å². The van der Waals surface area contributed by atoms with Gasteiger partial charge in [-0.3, -0.25) is 4.90 Å². The van der Waals surface area contributed by atoms with Gasteiger partial charge in [0.2, 0.25) is 0 Å². The van der Waals surface area contributed by atoms with Gasteiger partial charge in [-0.05, 0) is 32.3 Å². The van der Waals surface area contributed by atoms with Gasteiger partial charge in [0.05, 0.1) is 0 Å². The predicted octanol–water partition coefficient (Wildman–Crippen LogP) is 2.89. The van der Waals surface area contributed by atoms with Crippen molar-refractivity contribution in [3.05, 3.63) is 47.5 Å². The second-order valence-electron chi connectivity index (χ2n) is 4.83. The third kappa shape index (κ3) is 4.59. The molecule has 1 aliphatic heterocycles. The molecule has 0 fully saturated rings. The molecule has 1 aliphatic rings. The molecular formula is C15H21NNa. The maximum Gasteiger partial charge on any atom is 0.0168 e. The molecule has 1 atom stereocenters. The summed E-state index contributed by atoms with van der Waals surface area (Å²) in [6.45, 7) is 6.91. The predicted molar refractivity (Wildman–Crippen MR) is 75.3 cm³/mol. The van der Waals surface area contributed by atoms with Crippen LogP contribution in [-0.2, 0) is 6.42 Å². The van der Waals surface area contributed by atoms with E-state index in [-0.39, 0.29) is 29.6 Å². The van der Waals surface area contributed by atoms with E-state index in [1.54, 1.807) is 5.57 Å². The first-order chi connectivity index (χ1) is 7.75. The molecule has 0 saturated carbocycles. The molecule has 0 spiro atoms. The summed E-state index contributed by atoms with van der Waals surface area (Å²) in [6.07, 6.45) is 4.76. The Hall–Kier alpha value is -0.0800. The second-order valence-corrected chi connectivity index (χ2v) is 4.83. The van der Waals surface area contributed by atoms with Crippen molar-refractivity contribution in [2.45, 2.75) is 32.7 Å². The molecular weight excluding hydrogens is 217 g/mol. The molecule has 0 saturated heterocycles. The fourth-order valence-electron chi connectivity index (χ4n) is 2.27. The van der Waals surface area contributed by atoms with Gasteiger partial charge in [0.15, 0.2) is 0 Å². The minimum atomic E-state index is 0. The molecule has 2 rings (SSSR count). The quantitative estimate of drug-likeness (QED) is 0.578. The SMILES string of the molecule is CC1=CCN(C(C)Cc2ccccc2)CC1.[Na]. The Morgan fingerprint density at radius 1 is 1.24 bits per heavy atom. The van der Waals surface area contributed by atoms with Gasteiger partial charge < -0.3 is 0 Å². The van der Waals surface area contributed by atoms with Crippen molar-refractivity contribution < 1.29 is 0 Å². The van der Waals surface area contributed by atoms with Crippen LogP contribution < -0.4 is 0 Å². The average molecular weight is 238 g/mol. The summed E-state index contributed by atoms with van der Waals surface area (Å²) in [5.74, 6) is 0. The first kappa shape index (κ1) is 15.0. The van der Waals surface area contributed by atoms with Crippen LogP contribution in [0.4, 0.5) is 0 Å². The normalized spacial score (nSPS) is 18.1. The zero-order chi connectivity index (χ0) is 11.4. The molecule has 2 heteroatoms. The van der Waals surface area contributed by atoms with E-state index in [0.29, 0.717) is 6.04 Å². The zero-order valence-corrected chi connectivity index (χ0v) is 13.3. The summed E-state index contributed by atoms with van der Waals surface area (Å²) in [5, 5.41) is 0. The van der Waals surface area contributed by atoms with Crippen LogP contribution in [0.25, 0.3) is 0 Å². The van der Waals surface area contributed by atoms with Crippen LogP contribution in [0, 0.1) is 0 Å². The van der Waals surface area contributed by atoms with Crippen molar-refractivity contribution >= 4 is 29.6 Å². The first-order valence-electron chi connectivity index (χ1n) is 6.19. The summed E-state index contributed by atoms with van der Waals surface area (Å²) < 4.78 is 0. The fourth-order valence-corrected chi connectivity index (χ4v) is 2.27. The Labute approximate surface area is 127 Å². The van der Waals surface area contributed by atoms with Gasteiger partial charge in [0, 0.05) is 48.7 Å². The molecule has 1 heterocycles. The number of rotatable bonds is 3. The maximum atomic E-state index is 2.57. The van der Waals surface area contributed by atoms with E-state index in [1.165, 1.54) is 18.5 Å². The Kier molecular flexibility index (Phi) is 6.50. The molecule has 1 radical (unpaired) electrons. The summed E-state index contributed by atoms with van der Waals surface area (Å²) in [6, 6.07) is 11.4. The van der Waals surface area contributed by atoms with Gasteiger partial charge in [-0.15, -0.1) is 0 Å².